The number of hydrogen-bond donors (Lipinski definition) is 1. The number of alkyl halides is 3. The van der Waals surface area contributed by atoms with E-state index in [1.807, 2.05) is 0 Å². The van der Waals surface area contributed by atoms with Crippen LogP contribution in [0.1, 0.15) is 19.4 Å². The van der Waals surface area contributed by atoms with E-state index in [4.69, 9.17) is 0 Å². The maximum absolute atomic E-state index is 13.6. The van der Waals surface area contributed by atoms with E-state index in [1.165, 1.54) is 24.6 Å². The predicted octanol–water partition coefficient (Wildman–Crippen LogP) is 3.13. The van der Waals surface area contributed by atoms with Gasteiger partial charge in [0.2, 0.25) is 0 Å². The Morgan fingerprint density at radius 3 is 2.52 bits per heavy atom. The lowest BCUT2D eigenvalue weighted by Gasteiger charge is -2.33. The molecule has 0 radical (unpaired) electrons. The van der Waals surface area contributed by atoms with Gasteiger partial charge in [-0.1, -0.05) is 12.2 Å². The number of nitrogens with zero attached hydrogens (tertiary/aromatic N) is 3. The van der Waals surface area contributed by atoms with Crippen LogP contribution in [0.25, 0.3) is 10.9 Å². The highest BCUT2D eigenvalue weighted by Crippen LogP contribution is 2.40. The van der Waals surface area contributed by atoms with Crippen LogP contribution in [0, 0.1) is 0 Å². The van der Waals surface area contributed by atoms with Gasteiger partial charge in [0, 0.05) is 35.6 Å². The van der Waals surface area contributed by atoms with Crippen LogP contribution < -0.4 is 4.90 Å². The molecule has 0 spiro atoms. The van der Waals surface area contributed by atoms with Crippen molar-refractivity contribution in [3.05, 3.63) is 47.8 Å². The fraction of sp³-hybridized carbons (Fsp3) is 0.421. The molecule has 0 aliphatic carbocycles. The molecule has 29 heavy (non-hydrogen) atoms. The molecule has 1 aromatic heterocycles. The lowest BCUT2D eigenvalue weighted by Crippen LogP contribution is -2.35. The first-order chi connectivity index (χ1) is 13.3. The number of rotatable bonds is 5. The molecule has 0 saturated heterocycles. The van der Waals surface area contributed by atoms with Crippen molar-refractivity contribution in [1.82, 2.24) is 9.78 Å². The van der Waals surface area contributed by atoms with Crippen LogP contribution in [0.2, 0.25) is 0 Å². The Hall–Kier alpha value is -2.33. The number of aromatic nitrogens is 2. The Morgan fingerprint density at radius 1 is 1.24 bits per heavy atom. The number of sulfone groups is 1. The average Bonchev–Trinajstić information content (AvgIpc) is 2.99. The molecule has 0 amide bonds. The smallest absolute Gasteiger partial charge is 0.386 e. The zero-order valence-electron chi connectivity index (χ0n) is 16.2. The number of aliphatic hydroxyl groups is 1. The van der Waals surface area contributed by atoms with Gasteiger partial charge in [0.25, 0.3) is 0 Å². The fourth-order valence-corrected chi connectivity index (χ4v) is 3.71. The van der Waals surface area contributed by atoms with Crippen molar-refractivity contribution in [3.63, 3.8) is 0 Å². The van der Waals surface area contributed by atoms with E-state index >= 15 is 0 Å². The summed E-state index contributed by atoms with van der Waals surface area (Å²) in [6, 6.07) is 3.10. The molecule has 1 aromatic carbocycles. The summed E-state index contributed by atoms with van der Waals surface area (Å²) in [5.41, 5.74) is -1.26. The molecule has 0 atom stereocenters. The van der Waals surface area contributed by atoms with Crippen molar-refractivity contribution < 1.29 is 26.7 Å². The standard InChI is InChI=1S/C19H22F3N3O3S/c1-18(2,26)14-11-15-13(12-24(23-15)8-9-29(3,27)28)10-16(14)25-7-5-4-6-17(25)19(20,21)22/h4-6,10-12,26H,7-9H2,1-3H3. The van der Waals surface area contributed by atoms with E-state index in [9.17, 15) is 26.7 Å². The lowest BCUT2D eigenvalue weighted by molar-refractivity contribution is -0.0934. The molecule has 0 unspecified atom stereocenters. The quantitative estimate of drug-likeness (QED) is 0.791. The Kier molecular flexibility index (Phi) is 5.29. The highest BCUT2D eigenvalue weighted by atomic mass is 32.2. The third kappa shape index (κ3) is 4.81. The van der Waals surface area contributed by atoms with E-state index in [0.29, 0.717) is 16.5 Å². The number of anilines is 1. The number of hydrogen-bond acceptors (Lipinski definition) is 5. The SMILES string of the molecule is CC(C)(O)c1cc2nn(CCS(C)(=O)=O)cc2cc1N1CC=CC=C1C(F)(F)F. The van der Waals surface area contributed by atoms with Gasteiger partial charge in [-0.25, -0.2) is 8.42 Å². The highest BCUT2D eigenvalue weighted by Gasteiger charge is 2.40. The number of fused-ring (bicyclic) bond motifs is 1. The van der Waals surface area contributed by atoms with Gasteiger partial charge in [0.1, 0.15) is 15.5 Å². The molecule has 0 bridgehead atoms. The van der Waals surface area contributed by atoms with Gasteiger partial charge in [0.05, 0.1) is 23.4 Å². The second-order valence-electron chi connectivity index (χ2n) is 7.60. The number of benzene rings is 1. The van der Waals surface area contributed by atoms with Crippen molar-refractivity contribution in [1.29, 1.82) is 0 Å². The molecule has 10 heteroatoms. The first kappa shape index (κ1) is 21.4. The van der Waals surface area contributed by atoms with Crippen molar-refractivity contribution in [2.45, 2.75) is 32.2 Å². The molecule has 1 aliphatic heterocycles. The average molecular weight is 429 g/mol. The highest BCUT2D eigenvalue weighted by molar-refractivity contribution is 7.90. The van der Waals surface area contributed by atoms with E-state index in [2.05, 4.69) is 5.10 Å². The van der Waals surface area contributed by atoms with Crippen molar-refractivity contribution in [2.24, 2.45) is 0 Å². The third-order valence-electron chi connectivity index (χ3n) is 4.57. The van der Waals surface area contributed by atoms with Gasteiger partial charge in [0.15, 0.2) is 0 Å². The van der Waals surface area contributed by atoms with E-state index in [0.717, 1.165) is 17.2 Å². The Balaban J connectivity index is 2.12. The first-order valence-electron chi connectivity index (χ1n) is 8.89. The summed E-state index contributed by atoms with van der Waals surface area (Å²) in [4.78, 5) is 1.11. The molecule has 0 fully saturated rings. The zero-order chi connectivity index (χ0) is 21.6. The normalized spacial score (nSPS) is 15.8. The molecule has 2 heterocycles. The number of halogens is 3. The molecular weight excluding hydrogens is 407 g/mol. The van der Waals surface area contributed by atoms with Gasteiger partial charge in [-0.05, 0) is 32.1 Å². The number of aryl methyl sites for hydroxylation is 1. The molecule has 3 rings (SSSR count). The van der Waals surface area contributed by atoms with Gasteiger partial charge in [-0.2, -0.15) is 18.3 Å². The van der Waals surface area contributed by atoms with Crippen molar-refractivity contribution >= 4 is 26.4 Å². The van der Waals surface area contributed by atoms with Crippen LogP contribution in [0.3, 0.4) is 0 Å². The van der Waals surface area contributed by atoms with Crippen LogP contribution in [0.4, 0.5) is 18.9 Å². The van der Waals surface area contributed by atoms with Crippen LogP contribution in [0.5, 0.6) is 0 Å². The predicted molar refractivity (Wildman–Crippen MR) is 105 cm³/mol. The second kappa shape index (κ2) is 7.17. The molecule has 0 saturated carbocycles. The van der Waals surface area contributed by atoms with Crippen molar-refractivity contribution in [3.8, 4) is 0 Å². The van der Waals surface area contributed by atoms with Crippen molar-refractivity contribution in [2.75, 3.05) is 23.5 Å². The topological polar surface area (TPSA) is 75.4 Å². The summed E-state index contributed by atoms with van der Waals surface area (Å²) in [5.74, 6) is -0.107. The Morgan fingerprint density at radius 2 is 1.93 bits per heavy atom. The molecule has 158 valence electrons. The lowest BCUT2D eigenvalue weighted by atomic mass is 9.94. The third-order valence-corrected chi connectivity index (χ3v) is 5.49. The summed E-state index contributed by atoms with van der Waals surface area (Å²) in [6.07, 6.45) is 2.10. The van der Waals surface area contributed by atoms with Gasteiger partial charge < -0.3 is 10.0 Å². The molecule has 6 nitrogen and oxygen atoms in total. The van der Waals surface area contributed by atoms with Crippen LogP contribution >= 0.6 is 0 Å². The first-order valence-corrected chi connectivity index (χ1v) is 10.9. The van der Waals surface area contributed by atoms with E-state index in [-0.39, 0.29) is 24.5 Å². The van der Waals surface area contributed by atoms with E-state index in [1.54, 1.807) is 24.4 Å². The summed E-state index contributed by atoms with van der Waals surface area (Å²) in [5, 5.41) is 15.5. The van der Waals surface area contributed by atoms with Crippen LogP contribution in [-0.2, 0) is 22.0 Å². The molecule has 1 aliphatic rings. The summed E-state index contributed by atoms with van der Waals surface area (Å²) < 4.78 is 64.9. The molecule has 1 N–H and O–H groups in total. The monoisotopic (exact) mass is 429 g/mol. The Labute approximate surface area is 166 Å². The molecule has 2 aromatic rings. The second-order valence-corrected chi connectivity index (χ2v) is 9.86. The minimum Gasteiger partial charge on any atom is -0.386 e. The summed E-state index contributed by atoms with van der Waals surface area (Å²) >= 11 is 0. The van der Waals surface area contributed by atoms with Gasteiger partial charge >= 0.3 is 6.18 Å². The Bertz CT molecular complexity index is 1090. The number of allylic oxidation sites excluding steroid dienone is 3. The van der Waals surface area contributed by atoms with Gasteiger partial charge in [-0.3, -0.25) is 4.68 Å². The maximum atomic E-state index is 13.6. The van der Waals surface area contributed by atoms with Gasteiger partial charge in [-0.15, -0.1) is 0 Å². The zero-order valence-corrected chi connectivity index (χ0v) is 17.0. The van der Waals surface area contributed by atoms with Crippen LogP contribution in [-0.4, -0.2) is 48.0 Å². The molecular formula is C19H22F3N3O3S. The largest absolute Gasteiger partial charge is 0.431 e. The minimum atomic E-state index is -4.56. The summed E-state index contributed by atoms with van der Waals surface area (Å²) in [6.45, 7) is 3.12. The maximum Gasteiger partial charge on any atom is 0.431 e. The minimum absolute atomic E-state index is 0.00213. The fourth-order valence-electron chi connectivity index (χ4n) is 3.19. The van der Waals surface area contributed by atoms with E-state index < -0.39 is 27.3 Å². The van der Waals surface area contributed by atoms with Crippen LogP contribution in [0.15, 0.2) is 42.3 Å². The summed E-state index contributed by atoms with van der Waals surface area (Å²) in [7, 11) is -3.19.